The van der Waals surface area contributed by atoms with Crippen LogP contribution in [-0.4, -0.2) is 45.3 Å². The van der Waals surface area contributed by atoms with Crippen LogP contribution >= 0.6 is 0 Å². The first-order valence-electron chi connectivity index (χ1n) is 10.3. The van der Waals surface area contributed by atoms with Crippen molar-refractivity contribution in [1.82, 2.24) is 5.43 Å². The number of benzene rings is 3. The van der Waals surface area contributed by atoms with Crippen molar-refractivity contribution in [2.24, 2.45) is 5.10 Å². The van der Waals surface area contributed by atoms with Crippen LogP contribution < -0.4 is 29.7 Å². The number of hydrazone groups is 1. The predicted molar refractivity (Wildman–Crippen MR) is 128 cm³/mol. The van der Waals surface area contributed by atoms with Gasteiger partial charge in [-0.2, -0.15) is 5.10 Å². The Morgan fingerprint density at radius 1 is 0.743 bits per heavy atom. The van der Waals surface area contributed by atoms with Crippen molar-refractivity contribution in [2.75, 3.05) is 26.6 Å². The van der Waals surface area contributed by atoms with E-state index in [1.807, 2.05) is 0 Å². The zero-order valence-corrected chi connectivity index (χ0v) is 19.2. The summed E-state index contributed by atoms with van der Waals surface area (Å²) < 4.78 is 21.1. The van der Waals surface area contributed by atoms with E-state index in [1.54, 1.807) is 60.7 Å². The van der Waals surface area contributed by atoms with Crippen LogP contribution in [0.3, 0.4) is 0 Å². The van der Waals surface area contributed by atoms with Crippen molar-refractivity contribution in [3.05, 3.63) is 77.9 Å². The number of anilines is 1. The number of amides is 2. The Labute approximate surface area is 201 Å². The molecule has 0 saturated carbocycles. The number of carbonyl (C=O) groups is 3. The highest BCUT2D eigenvalue weighted by Gasteiger charge is 2.17. The molecule has 10 nitrogen and oxygen atoms in total. The quantitative estimate of drug-likeness (QED) is 0.168. The monoisotopic (exact) mass is 477 g/mol. The van der Waals surface area contributed by atoms with E-state index in [0.717, 1.165) is 0 Å². The molecule has 0 spiro atoms. The summed E-state index contributed by atoms with van der Waals surface area (Å²) in [6.07, 6.45) is 1.31. The fraction of sp³-hybridized carbons (Fsp3) is 0.120. The van der Waals surface area contributed by atoms with Gasteiger partial charge in [-0.05, 0) is 48.0 Å². The molecule has 0 heterocycles. The van der Waals surface area contributed by atoms with Crippen LogP contribution in [0.4, 0.5) is 5.69 Å². The summed E-state index contributed by atoms with van der Waals surface area (Å²) in [6, 6.07) is 18.0. The van der Waals surface area contributed by atoms with Crippen molar-refractivity contribution in [1.29, 1.82) is 0 Å². The van der Waals surface area contributed by atoms with E-state index in [9.17, 15) is 14.4 Å². The lowest BCUT2D eigenvalue weighted by Gasteiger charge is -2.11. The van der Waals surface area contributed by atoms with Gasteiger partial charge in [-0.3, -0.25) is 9.59 Å². The second-order valence-electron chi connectivity index (χ2n) is 6.85. The molecule has 0 saturated heterocycles. The van der Waals surface area contributed by atoms with Gasteiger partial charge < -0.3 is 24.3 Å². The molecule has 2 N–H and O–H groups in total. The third-order valence-corrected chi connectivity index (χ3v) is 4.66. The first kappa shape index (κ1) is 24.8. The van der Waals surface area contributed by atoms with Crippen LogP contribution in [0.15, 0.2) is 71.8 Å². The Kier molecular flexibility index (Phi) is 8.38. The SMILES string of the molecule is COc1ccccc1NC(=O)C(=O)N/N=C/c1ccc(OC(=O)c2ccccc2OC)c(OC)c1. The van der Waals surface area contributed by atoms with Crippen LogP contribution in [0.1, 0.15) is 15.9 Å². The van der Waals surface area contributed by atoms with Gasteiger partial charge in [0.05, 0.1) is 33.2 Å². The van der Waals surface area contributed by atoms with Gasteiger partial charge in [0, 0.05) is 0 Å². The van der Waals surface area contributed by atoms with Crippen molar-refractivity contribution in [2.45, 2.75) is 0 Å². The summed E-state index contributed by atoms with van der Waals surface area (Å²) in [4.78, 5) is 36.7. The normalized spacial score (nSPS) is 10.4. The van der Waals surface area contributed by atoms with Crippen LogP contribution in [0.5, 0.6) is 23.0 Å². The molecule has 3 rings (SSSR count). The molecule has 10 heteroatoms. The lowest BCUT2D eigenvalue weighted by atomic mass is 10.2. The number of esters is 1. The average molecular weight is 477 g/mol. The highest BCUT2D eigenvalue weighted by Crippen LogP contribution is 2.29. The summed E-state index contributed by atoms with van der Waals surface area (Å²) >= 11 is 0. The summed E-state index contributed by atoms with van der Waals surface area (Å²) in [7, 11) is 4.33. The number of para-hydroxylation sites is 3. The van der Waals surface area contributed by atoms with Gasteiger partial charge >= 0.3 is 17.8 Å². The van der Waals surface area contributed by atoms with Crippen molar-refractivity contribution in [3.8, 4) is 23.0 Å². The zero-order chi connectivity index (χ0) is 25.2. The molecule has 3 aromatic carbocycles. The number of hydrogen-bond acceptors (Lipinski definition) is 8. The van der Waals surface area contributed by atoms with Gasteiger partial charge in [-0.15, -0.1) is 0 Å². The molecular formula is C25H23N3O7. The molecule has 0 aromatic heterocycles. The standard InChI is InChI=1S/C25H23N3O7/c1-32-19-10-6-4-8-17(19)25(31)35-21-13-12-16(14-22(21)34-3)15-26-28-24(30)23(29)27-18-9-5-7-11-20(18)33-2/h4-15H,1-3H3,(H,27,29)(H,28,30)/b26-15+. The molecule has 0 bridgehead atoms. The number of nitrogens with zero attached hydrogens (tertiary/aromatic N) is 1. The number of ether oxygens (including phenoxy) is 4. The summed E-state index contributed by atoms with van der Waals surface area (Å²) in [5, 5.41) is 6.23. The molecule has 2 amide bonds. The number of hydrogen-bond donors (Lipinski definition) is 2. The van der Waals surface area contributed by atoms with Crippen LogP contribution in [0, 0.1) is 0 Å². The summed E-state index contributed by atoms with van der Waals surface area (Å²) in [5.41, 5.74) is 3.27. The Morgan fingerprint density at radius 3 is 2.11 bits per heavy atom. The van der Waals surface area contributed by atoms with Crippen molar-refractivity contribution in [3.63, 3.8) is 0 Å². The minimum absolute atomic E-state index is 0.181. The van der Waals surface area contributed by atoms with Gasteiger partial charge in [0.1, 0.15) is 17.1 Å². The van der Waals surface area contributed by atoms with Gasteiger partial charge in [0.15, 0.2) is 11.5 Å². The Bertz CT molecular complexity index is 1260. The average Bonchev–Trinajstić information content (AvgIpc) is 2.89. The number of nitrogens with one attached hydrogen (secondary N) is 2. The van der Waals surface area contributed by atoms with Gasteiger partial charge in [-0.25, -0.2) is 10.2 Å². The Morgan fingerprint density at radius 2 is 1.40 bits per heavy atom. The minimum Gasteiger partial charge on any atom is -0.496 e. The lowest BCUT2D eigenvalue weighted by Crippen LogP contribution is -2.32. The van der Waals surface area contributed by atoms with E-state index < -0.39 is 17.8 Å². The molecule has 0 atom stereocenters. The van der Waals surface area contributed by atoms with Crippen LogP contribution in [0.2, 0.25) is 0 Å². The topological polar surface area (TPSA) is 125 Å². The van der Waals surface area contributed by atoms with E-state index >= 15 is 0 Å². The maximum absolute atomic E-state index is 12.6. The first-order chi connectivity index (χ1) is 17.0. The summed E-state index contributed by atoms with van der Waals surface area (Å²) in [5.74, 6) is -1.26. The molecule has 0 radical (unpaired) electrons. The second kappa shape index (κ2) is 11.8. The molecule has 180 valence electrons. The molecule has 0 aliphatic heterocycles. The highest BCUT2D eigenvalue weighted by atomic mass is 16.6. The molecular weight excluding hydrogens is 454 g/mol. The molecule has 0 unspecified atom stereocenters. The lowest BCUT2D eigenvalue weighted by molar-refractivity contribution is -0.136. The third kappa shape index (κ3) is 6.35. The zero-order valence-electron chi connectivity index (χ0n) is 19.2. The van der Waals surface area contributed by atoms with Gasteiger partial charge in [-0.1, -0.05) is 24.3 Å². The van der Waals surface area contributed by atoms with Crippen molar-refractivity contribution < 1.29 is 33.3 Å². The number of methoxy groups -OCH3 is 3. The largest absolute Gasteiger partial charge is 0.496 e. The van der Waals surface area contributed by atoms with E-state index in [1.165, 1.54) is 33.6 Å². The molecule has 0 aliphatic rings. The molecule has 3 aromatic rings. The van der Waals surface area contributed by atoms with E-state index in [4.69, 9.17) is 18.9 Å². The molecule has 0 fully saturated rings. The fourth-order valence-corrected chi connectivity index (χ4v) is 2.96. The van der Waals surface area contributed by atoms with E-state index in [2.05, 4.69) is 15.8 Å². The van der Waals surface area contributed by atoms with Crippen molar-refractivity contribution >= 4 is 29.7 Å². The van der Waals surface area contributed by atoms with Gasteiger partial charge in [0.2, 0.25) is 0 Å². The number of carbonyl (C=O) groups excluding carboxylic acids is 3. The first-order valence-corrected chi connectivity index (χ1v) is 10.3. The third-order valence-electron chi connectivity index (χ3n) is 4.66. The fourth-order valence-electron chi connectivity index (χ4n) is 2.96. The van der Waals surface area contributed by atoms with Crippen LogP contribution in [0.25, 0.3) is 0 Å². The van der Waals surface area contributed by atoms with Crippen LogP contribution in [-0.2, 0) is 9.59 Å². The number of rotatable bonds is 8. The van der Waals surface area contributed by atoms with Gasteiger partial charge in [0.25, 0.3) is 0 Å². The highest BCUT2D eigenvalue weighted by molar-refractivity contribution is 6.39. The predicted octanol–water partition coefficient (Wildman–Crippen LogP) is 3.02. The molecule has 0 aliphatic carbocycles. The minimum atomic E-state index is -0.971. The summed E-state index contributed by atoms with van der Waals surface area (Å²) in [6.45, 7) is 0. The second-order valence-corrected chi connectivity index (χ2v) is 6.85. The Hall–Kier alpha value is -4.86. The van der Waals surface area contributed by atoms with E-state index in [0.29, 0.717) is 22.7 Å². The smallest absolute Gasteiger partial charge is 0.347 e. The molecule has 35 heavy (non-hydrogen) atoms. The maximum Gasteiger partial charge on any atom is 0.347 e. The maximum atomic E-state index is 12.6. The van der Waals surface area contributed by atoms with E-state index in [-0.39, 0.29) is 17.1 Å². The Balaban J connectivity index is 1.63.